The first-order valence-corrected chi connectivity index (χ1v) is 7.93. The number of esters is 1. The summed E-state index contributed by atoms with van der Waals surface area (Å²) in [6, 6.07) is 8.51. The van der Waals surface area contributed by atoms with Crippen molar-refractivity contribution in [2.24, 2.45) is 5.92 Å². The highest BCUT2D eigenvalue weighted by atomic mass is 16.5. The van der Waals surface area contributed by atoms with Gasteiger partial charge in [0.2, 0.25) is 0 Å². The van der Waals surface area contributed by atoms with Crippen LogP contribution in [-0.4, -0.2) is 23.9 Å². The number of amides is 2. The van der Waals surface area contributed by atoms with Gasteiger partial charge in [-0.05, 0) is 31.9 Å². The fourth-order valence-corrected chi connectivity index (χ4v) is 2.54. The van der Waals surface area contributed by atoms with Gasteiger partial charge in [0.05, 0.1) is 5.92 Å². The van der Waals surface area contributed by atoms with E-state index < -0.39 is 17.9 Å². The quantitative estimate of drug-likeness (QED) is 0.656. The van der Waals surface area contributed by atoms with E-state index in [0.29, 0.717) is 5.56 Å². The maximum absolute atomic E-state index is 12.0. The summed E-state index contributed by atoms with van der Waals surface area (Å²) >= 11 is 0. The lowest BCUT2D eigenvalue weighted by Crippen LogP contribution is -2.47. The highest BCUT2D eigenvalue weighted by molar-refractivity contribution is 5.95. The zero-order valence-electron chi connectivity index (χ0n) is 13.2. The number of carbonyl (C=O) groups is 3. The number of carbonyl (C=O) groups excluding carboxylic acids is 3. The Morgan fingerprint density at radius 2 is 1.70 bits per heavy atom. The molecule has 1 aromatic rings. The molecule has 0 radical (unpaired) electrons. The molecule has 6 heteroatoms. The lowest BCUT2D eigenvalue weighted by atomic mass is 9.89. The number of hydrogen-bond donors (Lipinski definition) is 2. The topological polar surface area (TPSA) is 84.5 Å². The summed E-state index contributed by atoms with van der Waals surface area (Å²) in [5.74, 6) is -1.43. The number of benzene rings is 1. The van der Waals surface area contributed by atoms with Gasteiger partial charge in [-0.25, -0.2) is 0 Å². The molecule has 2 rings (SSSR count). The SMILES string of the molecule is C[C@@H](OC(=O)C1CCCCC1)C(=O)NNC(=O)c1ccccc1. The van der Waals surface area contributed by atoms with Crippen LogP contribution in [0.3, 0.4) is 0 Å². The van der Waals surface area contributed by atoms with Gasteiger partial charge in [0.25, 0.3) is 11.8 Å². The van der Waals surface area contributed by atoms with Crippen molar-refractivity contribution in [2.45, 2.75) is 45.1 Å². The van der Waals surface area contributed by atoms with Crippen LogP contribution in [0.25, 0.3) is 0 Å². The van der Waals surface area contributed by atoms with Crippen molar-refractivity contribution < 1.29 is 19.1 Å². The first kappa shape index (κ1) is 17.0. The second-order valence-corrected chi connectivity index (χ2v) is 5.72. The average Bonchev–Trinajstić information content (AvgIpc) is 2.60. The van der Waals surface area contributed by atoms with Gasteiger partial charge in [0.15, 0.2) is 6.10 Å². The van der Waals surface area contributed by atoms with Crippen LogP contribution in [0.1, 0.15) is 49.4 Å². The summed E-state index contributed by atoms with van der Waals surface area (Å²) in [7, 11) is 0. The van der Waals surface area contributed by atoms with Crippen molar-refractivity contribution in [1.29, 1.82) is 0 Å². The van der Waals surface area contributed by atoms with Gasteiger partial charge in [0, 0.05) is 5.56 Å². The maximum atomic E-state index is 12.0. The molecule has 1 fully saturated rings. The van der Waals surface area contributed by atoms with Crippen LogP contribution in [0.2, 0.25) is 0 Å². The van der Waals surface area contributed by atoms with Crippen LogP contribution in [0.4, 0.5) is 0 Å². The number of rotatable bonds is 4. The highest BCUT2D eigenvalue weighted by Crippen LogP contribution is 2.24. The predicted molar refractivity (Wildman–Crippen MR) is 84.2 cm³/mol. The molecule has 0 aromatic heterocycles. The summed E-state index contributed by atoms with van der Waals surface area (Å²) < 4.78 is 5.19. The molecule has 1 aliphatic carbocycles. The number of ether oxygens (including phenoxy) is 1. The lowest BCUT2D eigenvalue weighted by Gasteiger charge is -2.22. The Labute approximate surface area is 135 Å². The third-order valence-corrected chi connectivity index (χ3v) is 3.94. The molecule has 23 heavy (non-hydrogen) atoms. The molecule has 0 aliphatic heterocycles. The van der Waals surface area contributed by atoms with Crippen molar-refractivity contribution in [1.82, 2.24) is 10.9 Å². The monoisotopic (exact) mass is 318 g/mol. The minimum atomic E-state index is -0.944. The van der Waals surface area contributed by atoms with E-state index in [1.54, 1.807) is 30.3 Å². The Hall–Kier alpha value is -2.37. The summed E-state index contributed by atoms with van der Waals surface area (Å²) in [4.78, 5) is 35.7. The maximum Gasteiger partial charge on any atom is 0.309 e. The van der Waals surface area contributed by atoms with Crippen molar-refractivity contribution in [3.63, 3.8) is 0 Å². The summed E-state index contributed by atoms with van der Waals surface area (Å²) in [5, 5.41) is 0. The van der Waals surface area contributed by atoms with Gasteiger partial charge in [-0.1, -0.05) is 37.5 Å². The van der Waals surface area contributed by atoms with E-state index in [1.165, 1.54) is 6.92 Å². The highest BCUT2D eigenvalue weighted by Gasteiger charge is 2.26. The Bertz CT molecular complexity index is 553. The van der Waals surface area contributed by atoms with E-state index in [4.69, 9.17) is 4.74 Å². The third-order valence-electron chi connectivity index (χ3n) is 3.94. The van der Waals surface area contributed by atoms with Crippen molar-refractivity contribution >= 4 is 17.8 Å². The standard InChI is InChI=1S/C17H22N2O4/c1-12(23-17(22)14-10-6-3-7-11-14)15(20)18-19-16(21)13-8-4-2-5-9-13/h2,4-5,8-9,12,14H,3,6-7,10-11H2,1H3,(H,18,20)(H,19,21)/t12-/m1/s1. The smallest absolute Gasteiger partial charge is 0.309 e. The van der Waals surface area contributed by atoms with Crippen LogP contribution >= 0.6 is 0 Å². The van der Waals surface area contributed by atoms with Crippen LogP contribution < -0.4 is 10.9 Å². The van der Waals surface area contributed by atoms with Gasteiger partial charge < -0.3 is 4.74 Å². The fourth-order valence-electron chi connectivity index (χ4n) is 2.54. The molecule has 1 aliphatic rings. The van der Waals surface area contributed by atoms with E-state index in [0.717, 1.165) is 32.1 Å². The molecule has 1 saturated carbocycles. The number of nitrogens with one attached hydrogen (secondary N) is 2. The largest absolute Gasteiger partial charge is 0.452 e. The molecule has 1 atom stereocenters. The Morgan fingerprint density at radius 3 is 2.35 bits per heavy atom. The molecule has 0 spiro atoms. The minimum absolute atomic E-state index is 0.113. The molecule has 124 valence electrons. The first-order chi connectivity index (χ1) is 11.1. The Kier molecular flexibility index (Phi) is 6.14. The molecule has 2 N–H and O–H groups in total. The molecule has 0 unspecified atom stereocenters. The van der Waals surface area contributed by atoms with Crippen LogP contribution in [0.15, 0.2) is 30.3 Å². The van der Waals surface area contributed by atoms with Gasteiger partial charge in [-0.3, -0.25) is 25.2 Å². The normalized spacial score (nSPS) is 16.2. The minimum Gasteiger partial charge on any atom is -0.452 e. The molecule has 0 bridgehead atoms. The number of hydrazine groups is 1. The van der Waals surface area contributed by atoms with E-state index in [9.17, 15) is 14.4 Å². The fraction of sp³-hybridized carbons (Fsp3) is 0.471. The second kappa shape index (κ2) is 8.31. The third kappa shape index (κ3) is 5.09. The zero-order chi connectivity index (χ0) is 16.7. The van der Waals surface area contributed by atoms with Gasteiger partial charge in [0.1, 0.15) is 0 Å². The molecular weight excluding hydrogens is 296 g/mol. The molecule has 0 heterocycles. The van der Waals surface area contributed by atoms with E-state index in [1.807, 2.05) is 0 Å². The van der Waals surface area contributed by atoms with Crippen molar-refractivity contribution in [2.75, 3.05) is 0 Å². The van der Waals surface area contributed by atoms with Crippen LogP contribution in [-0.2, 0) is 14.3 Å². The van der Waals surface area contributed by atoms with Crippen molar-refractivity contribution in [3.05, 3.63) is 35.9 Å². The molecule has 0 saturated heterocycles. The average molecular weight is 318 g/mol. The summed E-state index contributed by atoms with van der Waals surface area (Å²) in [6.07, 6.45) is 3.88. The zero-order valence-corrected chi connectivity index (χ0v) is 13.2. The molecule has 1 aromatic carbocycles. The Balaban J connectivity index is 1.76. The van der Waals surface area contributed by atoms with Gasteiger partial charge >= 0.3 is 5.97 Å². The second-order valence-electron chi connectivity index (χ2n) is 5.72. The van der Waals surface area contributed by atoms with E-state index >= 15 is 0 Å². The number of hydrogen-bond acceptors (Lipinski definition) is 4. The predicted octanol–water partition coefficient (Wildman–Crippen LogP) is 1.96. The summed E-state index contributed by atoms with van der Waals surface area (Å²) in [6.45, 7) is 1.49. The Morgan fingerprint density at radius 1 is 1.04 bits per heavy atom. The van der Waals surface area contributed by atoms with Gasteiger partial charge in [-0.2, -0.15) is 0 Å². The van der Waals surface area contributed by atoms with Crippen molar-refractivity contribution in [3.8, 4) is 0 Å². The molecular formula is C17H22N2O4. The molecule has 2 amide bonds. The van der Waals surface area contributed by atoms with Crippen LogP contribution in [0.5, 0.6) is 0 Å². The lowest BCUT2D eigenvalue weighted by molar-refractivity contribution is -0.159. The molecule has 6 nitrogen and oxygen atoms in total. The van der Waals surface area contributed by atoms with E-state index in [-0.39, 0.29) is 11.9 Å². The van der Waals surface area contributed by atoms with E-state index in [2.05, 4.69) is 10.9 Å². The first-order valence-electron chi connectivity index (χ1n) is 7.93. The van der Waals surface area contributed by atoms with Crippen LogP contribution in [0, 0.1) is 5.92 Å². The van der Waals surface area contributed by atoms with Gasteiger partial charge in [-0.15, -0.1) is 0 Å². The summed E-state index contributed by atoms with van der Waals surface area (Å²) in [5.41, 5.74) is 5.01.